The van der Waals surface area contributed by atoms with E-state index in [4.69, 9.17) is 0 Å². The van der Waals surface area contributed by atoms with E-state index in [0.29, 0.717) is 0 Å². The molecular weight excluding hydrogens is 279 g/mol. The van der Waals surface area contributed by atoms with Crippen LogP contribution in [0.3, 0.4) is 0 Å². The molecule has 2 N–H and O–H groups in total. The van der Waals surface area contributed by atoms with Crippen LogP contribution in [0.25, 0.3) is 0 Å². The van der Waals surface area contributed by atoms with E-state index in [-0.39, 0.29) is 26.1 Å². The molecule has 0 aliphatic carbocycles. The van der Waals surface area contributed by atoms with Crippen molar-refractivity contribution in [3.05, 3.63) is 16.1 Å². The van der Waals surface area contributed by atoms with Gasteiger partial charge < -0.3 is 10.6 Å². The van der Waals surface area contributed by atoms with Crippen LogP contribution in [0.4, 0.5) is 13.2 Å². The maximum Gasteiger partial charge on any atom is 0.404 e. The molecule has 1 aliphatic heterocycles. The lowest BCUT2D eigenvalue weighted by atomic mass is 9.85. The van der Waals surface area contributed by atoms with Crippen LogP contribution in [0.1, 0.15) is 16.3 Å². The fourth-order valence-corrected chi connectivity index (χ4v) is 2.81. The van der Waals surface area contributed by atoms with Gasteiger partial charge in [0.1, 0.15) is 0 Å². The first-order valence-electron chi connectivity index (χ1n) is 5.82. The van der Waals surface area contributed by atoms with Gasteiger partial charge in [-0.15, -0.1) is 11.3 Å². The number of halogens is 3. The van der Waals surface area contributed by atoms with Crippen molar-refractivity contribution in [2.24, 2.45) is 5.41 Å². The van der Waals surface area contributed by atoms with Crippen molar-refractivity contribution in [3.63, 3.8) is 0 Å². The number of nitrogens with one attached hydrogen (secondary N) is 2. The molecule has 1 unspecified atom stereocenters. The average molecular weight is 293 g/mol. The molecule has 2 rings (SSSR count). The number of thiazole rings is 1. The minimum atomic E-state index is -4.54. The summed E-state index contributed by atoms with van der Waals surface area (Å²) in [4.78, 5) is 16.6. The van der Waals surface area contributed by atoms with Gasteiger partial charge in [0, 0.05) is 17.6 Å². The molecule has 4 nitrogen and oxygen atoms in total. The van der Waals surface area contributed by atoms with Crippen LogP contribution in [0.2, 0.25) is 0 Å². The fourth-order valence-electron chi connectivity index (χ4n) is 2.08. The third kappa shape index (κ3) is 2.74. The summed E-state index contributed by atoms with van der Waals surface area (Å²) in [6.07, 6.45) is -3.19. The topological polar surface area (TPSA) is 54.0 Å². The maximum atomic E-state index is 13.1. The van der Waals surface area contributed by atoms with Crippen LogP contribution in [0, 0.1) is 12.3 Å². The summed E-state index contributed by atoms with van der Waals surface area (Å²) in [7, 11) is 0. The lowest BCUT2D eigenvalue weighted by Crippen LogP contribution is -2.51. The standard InChI is InChI=1S/C11H14F3N3OS/c1-7-16-4-8(19-7)5-17-9(18)10(11(12,13)14)2-3-15-6-10/h4,15H,2-3,5-6H2,1H3,(H,17,18). The van der Waals surface area contributed by atoms with E-state index >= 15 is 0 Å². The van der Waals surface area contributed by atoms with E-state index in [0.717, 1.165) is 9.88 Å². The van der Waals surface area contributed by atoms with Crippen LogP contribution in [0.15, 0.2) is 6.20 Å². The van der Waals surface area contributed by atoms with E-state index in [9.17, 15) is 18.0 Å². The molecule has 8 heteroatoms. The Kier molecular flexibility index (Phi) is 3.82. The molecular formula is C11H14F3N3OS. The molecule has 0 spiro atoms. The molecule has 2 heterocycles. The molecule has 1 amide bonds. The predicted octanol–water partition coefficient (Wildman–Crippen LogP) is 1.61. The number of rotatable bonds is 3. The van der Waals surface area contributed by atoms with Gasteiger partial charge in [0.2, 0.25) is 5.91 Å². The van der Waals surface area contributed by atoms with Gasteiger partial charge in [-0.1, -0.05) is 0 Å². The average Bonchev–Trinajstić information content (AvgIpc) is 2.94. The zero-order valence-corrected chi connectivity index (χ0v) is 11.1. The Labute approximate surface area is 112 Å². The Bertz CT molecular complexity index is 466. The number of amides is 1. The highest BCUT2D eigenvalue weighted by Gasteiger charge is 2.61. The van der Waals surface area contributed by atoms with Crippen molar-refractivity contribution in [2.75, 3.05) is 13.1 Å². The summed E-state index contributed by atoms with van der Waals surface area (Å²) in [5, 5.41) is 5.80. The van der Waals surface area contributed by atoms with Crippen molar-refractivity contribution < 1.29 is 18.0 Å². The number of aromatic nitrogens is 1. The van der Waals surface area contributed by atoms with Crippen LogP contribution in [0.5, 0.6) is 0 Å². The first-order valence-corrected chi connectivity index (χ1v) is 6.64. The molecule has 0 bridgehead atoms. The van der Waals surface area contributed by atoms with E-state index < -0.39 is 17.5 Å². The Balaban J connectivity index is 2.05. The number of carbonyl (C=O) groups excluding carboxylic acids is 1. The Morgan fingerprint density at radius 2 is 2.37 bits per heavy atom. The highest BCUT2D eigenvalue weighted by Crippen LogP contribution is 2.43. The van der Waals surface area contributed by atoms with Gasteiger partial charge in [0.05, 0.1) is 11.6 Å². The molecule has 1 aromatic rings. The highest BCUT2D eigenvalue weighted by molar-refractivity contribution is 7.11. The van der Waals surface area contributed by atoms with Crippen LogP contribution in [-0.4, -0.2) is 30.2 Å². The van der Waals surface area contributed by atoms with Gasteiger partial charge in [0.15, 0.2) is 5.41 Å². The zero-order chi connectivity index (χ0) is 14.1. The number of hydrogen-bond acceptors (Lipinski definition) is 4. The summed E-state index contributed by atoms with van der Waals surface area (Å²) in [5.41, 5.74) is -2.30. The molecule has 0 saturated carbocycles. The number of aryl methyl sites for hydroxylation is 1. The smallest absolute Gasteiger partial charge is 0.350 e. The summed E-state index contributed by atoms with van der Waals surface area (Å²) in [6, 6.07) is 0. The summed E-state index contributed by atoms with van der Waals surface area (Å²) >= 11 is 1.36. The van der Waals surface area contributed by atoms with E-state index in [1.807, 2.05) is 0 Å². The molecule has 1 aliphatic rings. The second-order valence-corrected chi connectivity index (χ2v) is 5.85. The second-order valence-electron chi connectivity index (χ2n) is 4.53. The van der Waals surface area contributed by atoms with E-state index in [2.05, 4.69) is 15.6 Å². The molecule has 106 valence electrons. The Morgan fingerprint density at radius 3 is 2.84 bits per heavy atom. The lowest BCUT2D eigenvalue weighted by Gasteiger charge is -2.29. The number of carbonyl (C=O) groups is 1. The van der Waals surface area contributed by atoms with Crippen molar-refractivity contribution >= 4 is 17.2 Å². The summed E-state index contributed by atoms with van der Waals surface area (Å²) < 4.78 is 39.3. The van der Waals surface area contributed by atoms with Gasteiger partial charge in [-0.25, -0.2) is 4.98 Å². The monoisotopic (exact) mass is 293 g/mol. The quantitative estimate of drug-likeness (QED) is 0.890. The summed E-state index contributed by atoms with van der Waals surface area (Å²) in [6.45, 7) is 1.73. The minimum absolute atomic E-state index is 0.0855. The third-order valence-corrected chi connectivity index (χ3v) is 4.14. The van der Waals surface area contributed by atoms with Gasteiger partial charge in [-0.05, 0) is 19.9 Å². The lowest BCUT2D eigenvalue weighted by molar-refractivity contribution is -0.216. The van der Waals surface area contributed by atoms with Crippen molar-refractivity contribution in [2.45, 2.75) is 26.1 Å². The van der Waals surface area contributed by atoms with E-state index in [1.54, 1.807) is 13.1 Å². The molecule has 1 saturated heterocycles. The third-order valence-electron chi connectivity index (χ3n) is 3.22. The van der Waals surface area contributed by atoms with Crippen LogP contribution < -0.4 is 10.6 Å². The SMILES string of the molecule is Cc1ncc(CNC(=O)C2(C(F)(F)F)CCNC2)s1. The van der Waals surface area contributed by atoms with Gasteiger partial charge in [-0.2, -0.15) is 13.2 Å². The molecule has 0 aromatic carbocycles. The van der Waals surface area contributed by atoms with Crippen LogP contribution >= 0.6 is 11.3 Å². The molecule has 1 aromatic heterocycles. The fraction of sp³-hybridized carbons (Fsp3) is 0.636. The van der Waals surface area contributed by atoms with Gasteiger partial charge in [0.25, 0.3) is 0 Å². The first kappa shape index (κ1) is 14.3. The van der Waals surface area contributed by atoms with Gasteiger partial charge in [-0.3, -0.25) is 4.79 Å². The number of alkyl halides is 3. The van der Waals surface area contributed by atoms with Crippen molar-refractivity contribution in [1.29, 1.82) is 0 Å². The predicted molar refractivity (Wildman–Crippen MR) is 64.7 cm³/mol. The first-order chi connectivity index (χ1) is 8.85. The van der Waals surface area contributed by atoms with Crippen molar-refractivity contribution in [3.8, 4) is 0 Å². The normalized spacial score (nSPS) is 23.6. The Hall–Kier alpha value is -1.15. The Morgan fingerprint density at radius 1 is 1.63 bits per heavy atom. The largest absolute Gasteiger partial charge is 0.404 e. The number of nitrogens with zero attached hydrogens (tertiary/aromatic N) is 1. The minimum Gasteiger partial charge on any atom is -0.350 e. The highest BCUT2D eigenvalue weighted by atomic mass is 32.1. The molecule has 19 heavy (non-hydrogen) atoms. The molecule has 1 fully saturated rings. The zero-order valence-electron chi connectivity index (χ0n) is 10.3. The van der Waals surface area contributed by atoms with E-state index in [1.165, 1.54) is 11.3 Å². The molecule has 0 radical (unpaired) electrons. The molecule has 1 atom stereocenters. The summed E-state index contributed by atoms with van der Waals surface area (Å²) in [5.74, 6) is -0.962. The van der Waals surface area contributed by atoms with Crippen LogP contribution in [-0.2, 0) is 11.3 Å². The maximum absolute atomic E-state index is 13.1. The number of hydrogen-bond donors (Lipinski definition) is 2. The van der Waals surface area contributed by atoms with Gasteiger partial charge >= 0.3 is 6.18 Å². The van der Waals surface area contributed by atoms with Crippen molar-refractivity contribution in [1.82, 2.24) is 15.6 Å². The second kappa shape index (κ2) is 5.09.